The number of benzene rings is 2. The lowest BCUT2D eigenvalue weighted by atomic mass is 10.2. The van der Waals surface area contributed by atoms with Gasteiger partial charge in [-0.25, -0.2) is 0 Å². The summed E-state index contributed by atoms with van der Waals surface area (Å²) >= 11 is 7.04. The first-order chi connectivity index (χ1) is 13.8. The van der Waals surface area contributed by atoms with Gasteiger partial charge in [-0.3, -0.25) is 4.90 Å². The average molecular weight is 413 g/mol. The van der Waals surface area contributed by atoms with Gasteiger partial charge in [0.15, 0.2) is 0 Å². The molecule has 1 aliphatic heterocycles. The van der Waals surface area contributed by atoms with Crippen LogP contribution in [-0.4, -0.2) is 47.0 Å². The van der Waals surface area contributed by atoms with Crippen molar-refractivity contribution in [2.45, 2.75) is 6.42 Å². The fourth-order valence-corrected chi connectivity index (χ4v) is 4.80. The minimum atomic E-state index is 0.660. The topological polar surface area (TPSA) is 44.4 Å². The van der Waals surface area contributed by atoms with Crippen molar-refractivity contribution in [2.24, 2.45) is 0 Å². The van der Waals surface area contributed by atoms with Crippen molar-refractivity contribution in [3.8, 4) is 5.75 Å². The van der Waals surface area contributed by atoms with Crippen LogP contribution in [0.2, 0.25) is 0 Å². The number of aromatic amines is 1. The molecule has 28 heavy (non-hydrogen) atoms. The van der Waals surface area contributed by atoms with Gasteiger partial charge in [0.05, 0.1) is 4.70 Å². The van der Waals surface area contributed by atoms with E-state index in [0.29, 0.717) is 5.75 Å². The molecule has 4 aromatic rings. The molecule has 1 N–H and O–H groups in total. The summed E-state index contributed by atoms with van der Waals surface area (Å²) in [7, 11) is 0. The van der Waals surface area contributed by atoms with Gasteiger partial charge in [-0.15, -0.1) is 0 Å². The van der Waals surface area contributed by atoms with Gasteiger partial charge in [0.2, 0.25) is 0 Å². The Morgan fingerprint density at radius 1 is 1.07 bits per heavy atom. The normalized spacial score (nSPS) is 15.5. The highest BCUT2D eigenvalue weighted by atomic mass is 35.5. The summed E-state index contributed by atoms with van der Waals surface area (Å²) in [4.78, 5) is 8.43. The number of H-pyrrole nitrogens is 1. The molecule has 5 rings (SSSR count). The molecule has 0 radical (unpaired) electrons. The maximum Gasteiger partial charge on any atom is 0.150 e. The Morgan fingerprint density at radius 2 is 1.93 bits per heavy atom. The molecular formula is C21H21ClN4OS. The van der Waals surface area contributed by atoms with Crippen LogP contribution in [0.25, 0.3) is 21.0 Å². The zero-order valence-electron chi connectivity index (χ0n) is 15.4. The lowest BCUT2D eigenvalue weighted by Gasteiger charge is -2.35. The van der Waals surface area contributed by atoms with Crippen molar-refractivity contribution in [1.82, 2.24) is 14.3 Å². The lowest BCUT2D eigenvalue weighted by molar-refractivity contribution is 0.260. The van der Waals surface area contributed by atoms with Crippen LogP contribution in [0.15, 0.2) is 48.5 Å². The first-order valence-electron chi connectivity index (χ1n) is 9.52. The van der Waals surface area contributed by atoms with E-state index >= 15 is 0 Å². The van der Waals surface area contributed by atoms with Crippen molar-refractivity contribution < 1.29 is 4.29 Å². The summed E-state index contributed by atoms with van der Waals surface area (Å²) in [5, 5.41) is 2.46. The van der Waals surface area contributed by atoms with E-state index < -0.39 is 0 Å². The number of hydrogen-bond donors (Lipinski definition) is 1. The molecule has 144 valence electrons. The Kier molecular flexibility index (Phi) is 4.84. The molecule has 2 aromatic heterocycles. The third-order valence-electron chi connectivity index (χ3n) is 5.47. The van der Waals surface area contributed by atoms with Gasteiger partial charge in [-0.2, -0.15) is 4.37 Å². The van der Waals surface area contributed by atoms with E-state index in [9.17, 15) is 0 Å². The molecule has 0 unspecified atom stereocenters. The number of halogens is 1. The SMILES string of the molecule is ClOc1ccc2cc(CCN3CCN(c4nsc5ccccc45)CC3)[nH]c2c1. The predicted octanol–water partition coefficient (Wildman–Crippen LogP) is 4.67. The zero-order valence-corrected chi connectivity index (χ0v) is 17.0. The predicted molar refractivity (Wildman–Crippen MR) is 117 cm³/mol. The summed E-state index contributed by atoms with van der Waals surface area (Å²) < 4.78 is 10.8. The van der Waals surface area contributed by atoms with Crippen molar-refractivity contribution in [3.63, 3.8) is 0 Å². The van der Waals surface area contributed by atoms with Gasteiger partial charge in [-0.1, -0.05) is 12.1 Å². The molecule has 0 amide bonds. The Bertz CT molecular complexity index is 1100. The fourth-order valence-electron chi connectivity index (χ4n) is 3.91. The minimum absolute atomic E-state index is 0.660. The van der Waals surface area contributed by atoms with Gasteiger partial charge in [-0.05, 0) is 47.3 Å². The number of hydrogen-bond acceptors (Lipinski definition) is 5. The van der Waals surface area contributed by atoms with Crippen molar-refractivity contribution in [3.05, 3.63) is 54.2 Å². The summed E-state index contributed by atoms with van der Waals surface area (Å²) in [5.74, 6) is 1.81. The molecule has 0 bridgehead atoms. The quantitative estimate of drug-likeness (QED) is 0.517. The number of nitrogens with zero attached hydrogens (tertiary/aromatic N) is 3. The van der Waals surface area contributed by atoms with Gasteiger partial charge in [0.25, 0.3) is 0 Å². The first kappa shape index (κ1) is 17.8. The average Bonchev–Trinajstić information content (AvgIpc) is 3.36. The number of rotatable bonds is 5. The maximum absolute atomic E-state index is 5.45. The molecule has 0 aliphatic carbocycles. The van der Waals surface area contributed by atoms with Crippen molar-refractivity contribution >= 4 is 50.2 Å². The first-order valence-corrected chi connectivity index (χ1v) is 10.6. The zero-order chi connectivity index (χ0) is 18.9. The second kappa shape index (κ2) is 7.62. The lowest BCUT2D eigenvalue weighted by Crippen LogP contribution is -2.47. The van der Waals surface area contributed by atoms with Gasteiger partial charge >= 0.3 is 0 Å². The summed E-state index contributed by atoms with van der Waals surface area (Å²) in [6.45, 7) is 5.23. The molecule has 1 aliphatic rings. The molecule has 1 fully saturated rings. The maximum atomic E-state index is 5.45. The van der Waals surface area contributed by atoms with E-state index in [1.807, 2.05) is 18.2 Å². The van der Waals surface area contributed by atoms with Gasteiger partial charge in [0.1, 0.15) is 23.4 Å². The smallest absolute Gasteiger partial charge is 0.150 e. The van der Waals surface area contributed by atoms with Crippen molar-refractivity contribution in [2.75, 3.05) is 37.6 Å². The second-order valence-electron chi connectivity index (χ2n) is 7.20. The molecule has 5 nitrogen and oxygen atoms in total. The Labute approximate surface area is 172 Å². The number of piperazine rings is 1. The van der Waals surface area contributed by atoms with Crippen LogP contribution in [0.4, 0.5) is 5.82 Å². The minimum Gasteiger partial charge on any atom is -0.386 e. The molecule has 2 aromatic carbocycles. The highest BCUT2D eigenvalue weighted by Gasteiger charge is 2.20. The van der Waals surface area contributed by atoms with Crippen LogP contribution < -0.4 is 9.19 Å². The van der Waals surface area contributed by atoms with Crippen LogP contribution in [-0.2, 0) is 6.42 Å². The molecule has 0 spiro atoms. The molecule has 7 heteroatoms. The molecule has 3 heterocycles. The van der Waals surface area contributed by atoms with E-state index in [1.54, 1.807) is 11.5 Å². The number of nitrogens with one attached hydrogen (secondary N) is 1. The fraction of sp³-hybridized carbons (Fsp3) is 0.286. The van der Waals surface area contributed by atoms with Crippen LogP contribution >= 0.6 is 23.4 Å². The largest absolute Gasteiger partial charge is 0.386 e. The van der Waals surface area contributed by atoms with E-state index in [0.717, 1.165) is 50.5 Å². The van der Waals surface area contributed by atoms with E-state index in [-0.39, 0.29) is 0 Å². The van der Waals surface area contributed by atoms with Crippen LogP contribution in [0.5, 0.6) is 5.75 Å². The van der Waals surface area contributed by atoms with Crippen LogP contribution in [0.1, 0.15) is 5.69 Å². The van der Waals surface area contributed by atoms with E-state index in [1.165, 1.54) is 21.2 Å². The Balaban J connectivity index is 1.19. The van der Waals surface area contributed by atoms with Crippen LogP contribution in [0, 0.1) is 0 Å². The molecular weight excluding hydrogens is 392 g/mol. The van der Waals surface area contributed by atoms with E-state index in [2.05, 4.69) is 45.1 Å². The Hall–Kier alpha value is -2.28. The van der Waals surface area contributed by atoms with Crippen LogP contribution in [0.3, 0.4) is 0 Å². The molecule has 0 saturated carbocycles. The molecule has 0 atom stereocenters. The summed E-state index contributed by atoms with van der Waals surface area (Å²) in [5.41, 5.74) is 2.31. The third kappa shape index (κ3) is 3.43. The van der Waals surface area contributed by atoms with Gasteiger partial charge < -0.3 is 14.2 Å². The Morgan fingerprint density at radius 3 is 2.79 bits per heavy atom. The van der Waals surface area contributed by atoms with Gasteiger partial charge in [0, 0.05) is 61.8 Å². The van der Waals surface area contributed by atoms with Crippen molar-refractivity contribution in [1.29, 1.82) is 0 Å². The van der Waals surface area contributed by atoms with E-state index in [4.69, 9.17) is 20.5 Å². The number of fused-ring (bicyclic) bond motifs is 2. The highest BCUT2D eigenvalue weighted by Crippen LogP contribution is 2.30. The number of anilines is 1. The highest BCUT2D eigenvalue weighted by molar-refractivity contribution is 7.13. The summed E-state index contributed by atoms with van der Waals surface area (Å²) in [6, 6.07) is 16.6. The molecule has 1 saturated heterocycles. The number of aromatic nitrogens is 2. The monoisotopic (exact) mass is 412 g/mol. The third-order valence-corrected chi connectivity index (χ3v) is 6.46. The second-order valence-corrected chi connectivity index (χ2v) is 8.16. The summed E-state index contributed by atoms with van der Waals surface area (Å²) in [6.07, 6.45) is 1.01. The standard InChI is InChI=1S/C21H21ClN4OS/c22-27-17-6-5-15-13-16(23-19(15)14-17)7-8-25-9-11-26(12-10-25)21-18-3-1-2-4-20(18)28-24-21/h1-6,13-14,23H,7-12H2.